The zero-order valence-electron chi connectivity index (χ0n) is 7.44. The molecule has 2 heterocycles. The van der Waals surface area contributed by atoms with Crippen molar-refractivity contribution in [1.29, 1.82) is 0 Å². The molecule has 2 N–H and O–H groups in total. The van der Waals surface area contributed by atoms with Gasteiger partial charge in [0.1, 0.15) is 6.04 Å². The number of rotatable bonds is 2. The molecule has 2 fully saturated rings. The zero-order chi connectivity index (χ0) is 9.26. The molecule has 3 nitrogen and oxygen atoms in total. The van der Waals surface area contributed by atoms with Crippen LogP contribution >= 0.6 is 23.5 Å². The van der Waals surface area contributed by atoms with Crippen molar-refractivity contribution in [2.24, 2.45) is 5.73 Å². The van der Waals surface area contributed by atoms with Crippen LogP contribution in [0.2, 0.25) is 0 Å². The van der Waals surface area contributed by atoms with Gasteiger partial charge < -0.3 is 10.6 Å². The molecule has 0 saturated carbocycles. The molecule has 0 radical (unpaired) electrons. The highest BCUT2D eigenvalue weighted by Gasteiger charge is 2.34. The Morgan fingerprint density at radius 1 is 1.54 bits per heavy atom. The largest absolute Gasteiger partial charge is 0.338 e. The number of carbonyl (C=O) groups excluding carboxylic acids is 1. The summed E-state index contributed by atoms with van der Waals surface area (Å²) in [5.74, 6) is 3.80. The quantitative estimate of drug-likeness (QED) is 0.663. The maximum absolute atomic E-state index is 11.2. The molecule has 0 spiro atoms. The topological polar surface area (TPSA) is 46.3 Å². The number of β-lactam (4-membered cyclic amide) rings is 1. The normalized spacial score (nSPS) is 34.5. The van der Waals surface area contributed by atoms with Gasteiger partial charge in [0.2, 0.25) is 5.91 Å². The van der Waals surface area contributed by atoms with Gasteiger partial charge >= 0.3 is 0 Å². The van der Waals surface area contributed by atoms with Crippen LogP contribution in [0.1, 0.15) is 0 Å². The maximum Gasteiger partial charge on any atom is 0.241 e. The van der Waals surface area contributed by atoms with Gasteiger partial charge in [-0.15, -0.1) is 0 Å². The van der Waals surface area contributed by atoms with E-state index in [9.17, 15) is 4.79 Å². The average Bonchev–Trinajstić information content (AvgIpc) is 2.19. The molecule has 0 aliphatic carbocycles. The van der Waals surface area contributed by atoms with Crippen LogP contribution < -0.4 is 5.73 Å². The third-order valence-electron chi connectivity index (χ3n) is 2.35. The van der Waals surface area contributed by atoms with Crippen molar-refractivity contribution < 1.29 is 4.79 Å². The van der Waals surface area contributed by atoms with Crippen LogP contribution in [0.15, 0.2) is 0 Å². The predicted octanol–water partition coefficient (Wildman–Crippen LogP) is 0.00450. The number of carbonyl (C=O) groups is 1. The highest BCUT2D eigenvalue weighted by Crippen LogP contribution is 2.25. The number of nitrogens with zero attached hydrogens (tertiary/aromatic N) is 1. The van der Waals surface area contributed by atoms with E-state index in [0.29, 0.717) is 5.25 Å². The number of hydrogen-bond donors (Lipinski definition) is 1. The summed E-state index contributed by atoms with van der Waals surface area (Å²) in [4.78, 5) is 13.1. The Labute approximate surface area is 86.8 Å². The molecule has 1 amide bonds. The van der Waals surface area contributed by atoms with Crippen LogP contribution in [0.4, 0.5) is 0 Å². The minimum absolute atomic E-state index is 0.135. The second kappa shape index (κ2) is 4.11. The summed E-state index contributed by atoms with van der Waals surface area (Å²) in [6, 6.07) is -0.207. The molecule has 2 saturated heterocycles. The minimum Gasteiger partial charge on any atom is -0.338 e. The SMILES string of the molecule is NC1CN(CC2CSCCS2)C1=O. The highest BCUT2D eigenvalue weighted by molar-refractivity contribution is 8.06. The van der Waals surface area contributed by atoms with Gasteiger partial charge in [-0.1, -0.05) is 0 Å². The van der Waals surface area contributed by atoms with Crippen LogP contribution in [-0.2, 0) is 4.79 Å². The second-order valence-electron chi connectivity index (χ2n) is 3.42. The Hall–Kier alpha value is 0.130. The van der Waals surface area contributed by atoms with Gasteiger partial charge in [0.25, 0.3) is 0 Å². The summed E-state index contributed by atoms with van der Waals surface area (Å²) in [5.41, 5.74) is 5.51. The van der Waals surface area contributed by atoms with Crippen LogP contribution in [0.25, 0.3) is 0 Å². The van der Waals surface area contributed by atoms with Crippen molar-refractivity contribution in [3.8, 4) is 0 Å². The number of amides is 1. The smallest absolute Gasteiger partial charge is 0.241 e. The molecule has 2 aliphatic rings. The molecule has 13 heavy (non-hydrogen) atoms. The van der Waals surface area contributed by atoms with Gasteiger partial charge in [-0.3, -0.25) is 4.79 Å². The van der Waals surface area contributed by atoms with E-state index in [1.807, 2.05) is 28.4 Å². The summed E-state index contributed by atoms with van der Waals surface area (Å²) in [6.07, 6.45) is 0. The first-order chi connectivity index (χ1) is 6.27. The minimum atomic E-state index is -0.207. The van der Waals surface area contributed by atoms with Crippen molar-refractivity contribution in [2.75, 3.05) is 30.3 Å². The first kappa shape index (κ1) is 9.68. The number of nitrogens with two attached hydrogens (primary N) is 1. The van der Waals surface area contributed by atoms with E-state index in [1.165, 1.54) is 17.3 Å². The molecule has 2 aliphatic heterocycles. The second-order valence-corrected chi connectivity index (χ2v) is 5.98. The molecule has 2 atom stereocenters. The van der Waals surface area contributed by atoms with E-state index >= 15 is 0 Å². The van der Waals surface area contributed by atoms with Crippen molar-refractivity contribution in [3.63, 3.8) is 0 Å². The van der Waals surface area contributed by atoms with E-state index in [-0.39, 0.29) is 11.9 Å². The van der Waals surface area contributed by atoms with Crippen LogP contribution in [0.5, 0.6) is 0 Å². The van der Waals surface area contributed by atoms with Gasteiger partial charge in [0.05, 0.1) is 0 Å². The fourth-order valence-electron chi connectivity index (χ4n) is 1.58. The van der Waals surface area contributed by atoms with Gasteiger partial charge in [-0.2, -0.15) is 23.5 Å². The van der Waals surface area contributed by atoms with E-state index in [4.69, 9.17) is 5.73 Å². The van der Waals surface area contributed by atoms with Crippen molar-refractivity contribution in [1.82, 2.24) is 4.90 Å². The predicted molar refractivity (Wildman–Crippen MR) is 58.1 cm³/mol. The van der Waals surface area contributed by atoms with Crippen molar-refractivity contribution in [2.45, 2.75) is 11.3 Å². The standard InChI is InChI=1S/C8H14N2OS2/c9-7-4-10(8(7)11)3-6-5-12-1-2-13-6/h6-7H,1-5,9H2. The Balaban J connectivity index is 1.75. The van der Waals surface area contributed by atoms with Crippen molar-refractivity contribution in [3.05, 3.63) is 0 Å². The lowest BCUT2D eigenvalue weighted by Gasteiger charge is -2.38. The van der Waals surface area contributed by atoms with Gasteiger partial charge in [-0.25, -0.2) is 0 Å². The van der Waals surface area contributed by atoms with E-state index in [0.717, 1.165) is 13.1 Å². The highest BCUT2D eigenvalue weighted by atomic mass is 32.2. The summed E-state index contributed by atoms with van der Waals surface area (Å²) in [5, 5.41) is 0.634. The fraction of sp³-hybridized carbons (Fsp3) is 0.875. The van der Waals surface area contributed by atoms with Crippen molar-refractivity contribution >= 4 is 29.4 Å². The Bertz CT molecular complexity index is 206. The summed E-state index contributed by atoms with van der Waals surface area (Å²) >= 11 is 3.98. The average molecular weight is 218 g/mol. The van der Waals surface area contributed by atoms with Gasteiger partial charge in [-0.05, 0) is 0 Å². The van der Waals surface area contributed by atoms with E-state index < -0.39 is 0 Å². The third kappa shape index (κ3) is 2.14. The molecular formula is C8H14N2OS2. The molecular weight excluding hydrogens is 204 g/mol. The Morgan fingerprint density at radius 3 is 2.92 bits per heavy atom. The summed E-state index contributed by atoms with van der Waals surface area (Å²) in [6.45, 7) is 1.67. The van der Waals surface area contributed by atoms with Gasteiger partial charge in [0.15, 0.2) is 0 Å². The van der Waals surface area contributed by atoms with Crippen LogP contribution in [0, 0.1) is 0 Å². The maximum atomic E-state index is 11.2. The third-order valence-corrected chi connectivity index (χ3v) is 5.18. The molecule has 0 aromatic carbocycles. The fourth-order valence-corrected chi connectivity index (χ4v) is 4.26. The number of likely N-dealkylation sites (tertiary alicyclic amines) is 1. The molecule has 0 aromatic rings. The monoisotopic (exact) mass is 218 g/mol. The Morgan fingerprint density at radius 2 is 2.38 bits per heavy atom. The number of hydrogen-bond acceptors (Lipinski definition) is 4. The molecule has 0 aromatic heterocycles. The Kier molecular flexibility index (Phi) is 3.06. The van der Waals surface area contributed by atoms with Crippen LogP contribution in [0.3, 0.4) is 0 Å². The molecule has 0 bridgehead atoms. The number of thioether (sulfide) groups is 2. The summed E-state index contributed by atoms with van der Waals surface area (Å²) in [7, 11) is 0. The first-order valence-electron chi connectivity index (χ1n) is 4.51. The zero-order valence-corrected chi connectivity index (χ0v) is 9.07. The molecule has 5 heteroatoms. The lowest BCUT2D eigenvalue weighted by Crippen LogP contribution is -2.62. The molecule has 2 unspecified atom stereocenters. The molecule has 74 valence electrons. The molecule has 2 rings (SSSR count). The van der Waals surface area contributed by atoms with E-state index in [2.05, 4.69) is 0 Å². The van der Waals surface area contributed by atoms with E-state index in [1.54, 1.807) is 0 Å². The lowest BCUT2D eigenvalue weighted by atomic mass is 10.1. The summed E-state index contributed by atoms with van der Waals surface area (Å²) < 4.78 is 0. The van der Waals surface area contributed by atoms with Crippen LogP contribution in [-0.4, -0.2) is 52.4 Å². The lowest BCUT2D eigenvalue weighted by molar-refractivity contribution is -0.142. The first-order valence-corrected chi connectivity index (χ1v) is 6.71. The van der Waals surface area contributed by atoms with Gasteiger partial charge in [0, 0.05) is 35.6 Å².